The van der Waals surface area contributed by atoms with E-state index < -0.39 is 0 Å². The summed E-state index contributed by atoms with van der Waals surface area (Å²) >= 11 is 6.01. The van der Waals surface area contributed by atoms with Crippen molar-refractivity contribution in [2.75, 3.05) is 13.6 Å². The van der Waals surface area contributed by atoms with E-state index in [2.05, 4.69) is 4.90 Å². The summed E-state index contributed by atoms with van der Waals surface area (Å²) in [5.41, 5.74) is 9.15. The maximum absolute atomic E-state index is 13.3. The first kappa shape index (κ1) is 16.0. The Morgan fingerprint density at radius 1 is 1.24 bits per heavy atom. The molecule has 1 unspecified atom stereocenters. The predicted molar refractivity (Wildman–Crippen MR) is 85.9 cm³/mol. The number of hydrogen-bond donors (Lipinski definition) is 1. The van der Waals surface area contributed by atoms with Crippen molar-refractivity contribution in [3.8, 4) is 0 Å². The van der Waals surface area contributed by atoms with Crippen LogP contribution in [0.15, 0.2) is 42.5 Å². The third kappa shape index (κ3) is 4.03. The number of halogens is 2. The third-order valence-electron chi connectivity index (χ3n) is 3.67. The highest BCUT2D eigenvalue weighted by molar-refractivity contribution is 6.30. The van der Waals surface area contributed by atoms with Crippen LogP contribution in [0.1, 0.15) is 22.7 Å². The average Bonchev–Trinajstić information content (AvgIpc) is 2.42. The van der Waals surface area contributed by atoms with Gasteiger partial charge in [0.05, 0.1) is 0 Å². The summed E-state index contributed by atoms with van der Waals surface area (Å²) < 4.78 is 13.3. The molecule has 0 saturated carbocycles. The zero-order valence-electron chi connectivity index (χ0n) is 12.3. The van der Waals surface area contributed by atoms with Gasteiger partial charge in [0.1, 0.15) is 5.82 Å². The normalized spacial score (nSPS) is 12.7. The maximum atomic E-state index is 13.3. The van der Waals surface area contributed by atoms with Crippen LogP contribution in [-0.4, -0.2) is 18.5 Å². The number of hydrogen-bond acceptors (Lipinski definition) is 2. The molecule has 2 rings (SSSR count). The Kier molecular flexibility index (Phi) is 5.34. The monoisotopic (exact) mass is 306 g/mol. The fourth-order valence-electron chi connectivity index (χ4n) is 2.59. The van der Waals surface area contributed by atoms with Crippen LogP contribution < -0.4 is 5.73 Å². The third-order valence-corrected chi connectivity index (χ3v) is 3.90. The zero-order chi connectivity index (χ0) is 15.4. The molecule has 1 atom stereocenters. The first-order chi connectivity index (χ1) is 10.0. The van der Waals surface area contributed by atoms with Crippen LogP contribution >= 0.6 is 11.6 Å². The van der Waals surface area contributed by atoms with Gasteiger partial charge in [-0.1, -0.05) is 29.8 Å². The summed E-state index contributed by atoms with van der Waals surface area (Å²) in [5, 5.41) is 0.722. The van der Waals surface area contributed by atoms with Gasteiger partial charge in [-0.2, -0.15) is 0 Å². The van der Waals surface area contributed by atoms with E-state index >= 15 is 0 Å². The minimum atomic E-state index is -0.215. The van der Waals surface area contributed by atoms with E-state index in [9.17, 15) is 4.39 Å². The van der Waals surface area contributed by atoms with E-state index in [4.69, 9.17) is 17.3 Å². The molecule has 2 aromatic rings. The molecule has 0 radical (unpaired) electrons. The van der Waals surface area contributed by atoms with E-state index in [1.54, 1.807) is 12.1 Å². The Morgan fingerprint density at radius 2 is 2.00 bits per heavy atom. The lowest BCUT2D eigenvalue weighted by atomic mass is 10.00. The Labute approximate surface area is 130 Å². The molecular weight excluding hydrogens is 287 g/mol. The Hall–Kier alpha value is -1.42. The lowest BCUT2D eigenvalue weighted by molar-refractivity contribution is 0.241. The molecule has 0 aliphatic heterocycles. The SMILES string of the molecule is Cc1cc(Cl)ccc1C(CN)N(C)Cc1cccc(F)c1. The summed E-state index contributed by atoms with van der Waals surface area (Å²) in [6.45, 7) is 3.16. The van der Waals surface area contributed by atoms with Gasteiger partial charge in [0.2, 0.25) is 0 Å². The topological polar surface area (TPSA) is 29.3 Å². The molecule has 0 aromatic heterocycles. The molecule has 0 spiro atoms. The second-order valence-corrected chi connectivity index (χ2v) is 5.73. The van der Waals surface area contributed by atoms with Crippen LogP contribution in [0.2, 0.25) is 5.02 Å². The van der Waals surface area contributed by atoms with Gasteiger partial charge >= 0.3 is 0 Å². The van der Waals surface area contributed by atoms with Gasteiger partial charge in [0.15, 0.2) is 0 Å². The molecule has 0 aliphatic rings. The molecule has 0 fully saturated rings. The van der Waals surface area contributed by atoms with Crippen LogP contribution in [0, 0.1) is 12.7 Å². The molecule has 4 heteroatoms. The molecule has 0 aliphatic carbocycles. The van der Waals surface area contributed by atoms with Gasteiger partial charge in [-0.15, -0.1) is 0 Å². The molecule has 0 heterocycles. The van der Waals surface area contributed by atoms with Crippen molar-refractivity contribution in [3.05, 3.63) is 70.0 Å². The highest BCUT2D eigenvalue weighted by Crippen LogP contribution is 2.25. The minimum absolute atomic E-state index is 0.0746. The van der Waals surface area contributed by atoms with Crippen LogP contribution in [0.4, 0.5) is 4.39 Å². The number of nitrogens with zero attached hydrogens (tertiary/aromatic N) is 1. The van der Waals surface area contributed by atoms with Crippen LogP contribution in [0.3, 0.4) is 0 Å². The first-order valence-electron chi connectivity index (χ1n) is 6.92. The van der Waals surface area contributed by atoms with Crippen LogP contribution in [0.25, 0.3) is 0 Å². The van der Waals surface area contributed by atoms with E-state index in [0.717, 1.165) is 21.7 Å². The van der Waals surface area contributed by atoms with E-state index in [0.29, 0.717) is 13.1 Å². The number of rotatable bonds is 5. The summed E-state index contributed by atoms with van der Waals surface area (Å²) in [5.74, 6) is -0.215. The molecule has 112 valence electrons. The standard InChI is InChI=1S/C17H20ClFN2/c1-12-8-14(18)6-7-16(12)17(10-20)21(2)11-13-4-3-5-15(19)9-13/h3-9,17H,10-11,20H2,1-2H3. The lowest BCUT2D eigenvalue weighted by Crippen LogP contribution is -2.30. The second kappa shape index (κ2) is 7.03. The van der Waals surface area contributed by atoms with Crippen molar-refractivity contribution in [2.24, 2.45) is 5.73 Å². The molecule has 21 heavy (non-hydrogen) atoms. The Balaban J connectivity index is 2.20. The van der Waals surface area contributed by atoms with Crippen molar-refractivity contribution in [3.63, 3.8) is 0 Å². The summed E-state index contributed by atoms with van der Waals surface area (Å²) in [4.78, 5) is 2.13. The summed E-state index contributed by atoms with van der Waals surface area (Å²) in [6.07, 6.45) is 0. The van der Waals surface area contributed by atoms with Gasteiger partial charge in [-0.05, 0) is 54.9 Å². The first-order valence-corrected chi connectivity index (χ1v) is 7.30. The smallest absolute Gasteiger partial charge is 0.123 e. The largest absolute Gasteiger partial charge is 0.329 e. The van der Waals surface area contributed by atoms with Gasteiger partial charge in [-0.25, -0.2) is 4.39 Å². The van der Waals surface area contributed by atoms with Crippen molar-refractivity contribution in [1.29, 1.82) is 0 Å². The van der Waals surface area contributed by atoms with E-state index in [-0.39, 0.29) is 11.9 Å². The molecule has 0 bridgehead atoms. The van der Waals surface area contributed by atoms with Gasteiger partial charge in [0, 0.05) is 24.2 Å². The van der Waals surface area contributed by atoms with Crippen LogP contribution in [0.5, 0.6) is 0 Å². The maximum Gasteiger partial charge on any atom is 0.123 e. The van der Waals surface area contributed by atoms with Crippen molar-refractivity contribution in [1.82, 2.24) is 4.90 Å². The number of benzene rings is 2. The quantitative estimate of drug-likeness (QED) is 0.907. The van der Waals surface area contributed by atoms with Crippen molar-refractivity contribution in [2.45, 2.75) is 19.5 Å². The van der Waals surface area contributed by atoms with E-state index in [1.807, 2.05) is 38.2 Å². The second-order valence-electron chi connectivity index (χ2n) is 5.30. The molecule has 2 N–H and O–H groups in total. The highest BCUT2D eigenvalue weighted by Gasteiger charge is 2.17. The predicted octanol–water partition coefficient (Wildman–Crippen LogP) is 3.92. The fourth-order valence-corrected chi connectivity index (χ4v) is 2.82. The molecule has 0 saturated heterocycles. The van der Waals surface area contributed by atoms with Gasteiger partial charge < -0.3 is 5.73 Å². The Morgan fingerprint density at radius 3 is 2.62 bits per heavy atom. The van der Waals surface area contributed by atoms with E-state index in [1.165, 1.54) is 6.07 Å². The lowest BCUT2D eigenvalue weighted by Gasteiger charge is -2.28. The zero-order valence-corrected chi connectivity index (χ0v) is 13.1. The fraction of sp³-hybridized carbons (Fsp3) is 0.294. The van der Waals surface area contributed by atoms with Gasteiger partial charge in [-0.3, -0.25) is 4.90 Å². The molecule has 2 nitrogen and oxygen atoms in total. The highest BCUT2D eigenvalue weighted by atomic mass is 35.5. The minimum Gasteiger partial charge on any atom is -0.329 e. The number of aryl methyl sites for hydroxylation is 1. The molecule has 2 aromatic carbocycles. The Bertz CT molecular complexity index is 615. The van der Waals surface area contributed by atoms with Crippen molar-refractivity contribution >= 4 is 11.6 Å². The summed E-state index contributed by atoms with van der Waals surface area (Å²) in [6, 6.07) is 12.6. The van der Waals surface area contributed by atoms with Crippen LogP contribution in [-0.2, 0) is 6.54 Å². The molecule has 0 amide bonds. The number of likely N-dealkylation sites (N-methyl/N-ethyl adjacent to an activating group) is 1. The average molecular weight is 307 g/mol. The summed E-state index contributed by atoms with van der Waals surface area (Å²) in [7, 11) is 2.00. The van der Waals surface area contributed by atoms with Gasteiger partial charge in [0.25, 0.3) is 0 Å². The van der Waals surface area contributed by atoms with Crippen molar-refractivity contribution < 1.29 is 4.39 Å². The molecular formula is C17H20ClFN2. The number of nitrogens with two attached hydrogens (primary N) is 1.